The first-order chi connectivity index (χ1) is 13.2. The van der Waals surface area contributed by atoms with Crippen LogP contribution in [0.2, 0.25) is 10.0 Å². The van der Waals surface area contributed by atoms with Crippen LogP contribution in [-0.4, -0.2) is 15.0 Å². The van der Waals surface area contributed by atoms with E-state index in [0.717, 1.165) is 39.2 Å². The number of pyridine rings is 1. The maximum atomic E-state index is 6.59. The normalized spacial score (nSPS) is 11.9. The molecule has 0 aliphatic heterocycles. The summed E-state index contributed by atoms with van der Waals surface area (Å²) in [6, 6.07) is 14.2. The van der Waals surface area contributed by atoms with E-state index in [9.17, 15) is 0 Å². The van der Waals surface area contributed by atoms with E-state index in [0.29, 0.717) is 10.0 Å². The number of imidazole rings is 1. The minimum absolute atomic E-state index is 0.0911. The highest BCUT2D eigenvalue weighted by Crippen LogP contribution is 2.34. The third-order valence-electron chi connectivity index (χ3n) is 4.89. The van der Waals surface area contributed by atoms with Gasteiger partial charge >= 0.3 is 0 Å². The number of fused-ring (bicyclic) bond motifs is 1. The fraction of sp³-hybridized carbons (Fsp3) is 0.217. The molecule has 0 saturated heterocycles. The molecule has 0 aliphatic carbocycles. The molecule has 142 valence electrons. The zero-order valence-corrected chi connectivity index (χ0v) is 17.8. The summed E-state index contributed by atoms with van der Waals surface area (Å²) in [5.41, 5.74) is 6.97. The Bertz CT molecular complexity index is 1190. The number of hydrogen-bond donors (Lipinski definition) is 1. The standard InChI is InChI=1S/C23H21Cl2N3/c1-13-9-16(24)12-26-21(13)17-7-5-14(10-18(17)25)22-27-19-8-6-15(23(2,3)4)11-20(19)28-22/h5-12H,1-4H3,(H,27,28). The quantitative estimate of drug-likeness (QED) is 0.380. The second-order valence-electron chi connectivity index (χ2n) is 8.08. The van der Waals surface area contributed by atoms with Gasteiger partial charge in [-0.1, -0.05) is 62.2 Å². The van der Waals surface area contributed by atoms with Crippen LogP contribution in [0.1, 0.15) is 31.9 Å². The van der Waals surface area contributed by atoms with Gasteiger partial charge in [0.15, 0.2) is 0 Å². The Morgan fingerprint density at radius 3 is 2.43 bits per heavy atom. The first-order valence-corrected chi connectivity index (χ1v) is 9.91. The lowest BCUT2D eigenvalue weighted by Crippen LogP contribution is -2.10. The number of rotatable bonds is 2. The van der Waals surface area contributed by atoms with Gasteiger partial charge in [-0.2, -0.15) is 0 Å². The Balaban J connectivity index is 1.75. The van der Waals surface area contributed by atoms with Crippen molar-refractivity contribution < 1.29 is 0 Å². The van der Waals surface area contributed by atoms with Crippen molar-refractivity contribution in [3.63, 3.8) is 0 Å². The van der Waals surface area contributed by atoms with Crippen LogP contribution >= 0.6 is 23.2 Å². The second-order valence-corrected chi connectivity index (χ2v) is 8.92. The number of halogens is 2. The summed E-state index contributed by atoms with van der Waals surface area (Å²) in [7, 11) is 0. The van der Waals surface area contributed by atoms with E-state index in [1.165, 1.54) is 5.56 Å². The second kappa shape index (κ2) is 6.91. The molecule has 0 saturated carbocycles. The summed E-state index contributed by atoms with van der Waals surface area (Å²) in [6.45, 7) is 8.59. The fourth-order valence-corrected chi connectivity index (χ4v) is 3.77. The SMILES string of the molecule is Cc1cc(Cl)cnc1-c1ccc(-c2nc3ccc(C(C)(C)C)cc3[nH]2)cc1Cl. The number of nitrogens with zero attached hydrogens (tertiary/aromatic N) is 2. The molecule has 0 radical (unpaired) electrons. The van der Waals surface area contributed by atoms with Crippen LogP contribution in [-0.2, 0) is 5.41 Å². The van der Waals surface area contributed by atoms with Gasteiger partial charge in [-0.25, -0.2) is 4.98 Å². The molecule has 0 amide bonds. The van der Waals surface area contributed by atoms with Crippen LogP contribution < -0.4 is 0 Å². The van der Waals surface area contributed by atoms with Crippen molar-refractivity contribution in [1.29, 1.82) is 0 Å². The topological polar surface area (TPSA) is 41.6 Å². The van der Waals surface area contributed by atoms with Crippen LogP contribution in [0.25, 0.3) is 33.7 Å². The number of aromatic nitrogens is 3. The van der Waals surface area contributed by atoms with E-state index in [2.05, 4.69) is 48.9 Å². The van der Waals surface area contributed by atoms with Gasteiger partial charge in [0.05, 0.1) is 26.8 Å². The van der Waals surface area contributed by atoms with E-state index in [4.69, 9.17) is 28.2 Å². The molecule has 4 aromatic rings. The molecular weight excluding hydrogens is 389 g/mol. The van der Waals surface area contributed by atoms with Crippen LogP contribution in [0.4, 0.5) is 0 Å². The Morgan fingerprint density at radius 1 is 0.964 bits per heavy atom. The number of H-pyrrole nitrogens is 1. The lowest BCUT2D eigenvalue weighted by atomic mass is 9.87. The van der Waals surface area contributed by atoms with Crippen molar-refractivity contribution in [1.82, 2.24) is 15.0 Å². The number of hydrogen-bond acceptors (Lipinski definition) is 2. The number of aromatic amines is 1. The average molecular weight is 410 g/mol. The predicted octanol–water partition coefficient (Wildman–Crippen LogP) is 7.20. The highest BCUT2D eigenvalue weighted by molar-refractivity contribution is 6.33. The molecule has 0 atom stereocenters. The minimum atomic E-state index is 0.0911. The summed E-state index contributed by atoms with van der Waals surface area (Å²) in [5, 5.41) is 1.25. The molecule has 4 rings (SSSR count). The van der Waals surface area contributed by atoms with Crippen molar-refractivity contribution in [2.45, 2.75) is 33.1 Å². The van der Waals surface area contributed by atoms with Gasteiger partial charge < -0.3 is 4.98 Å². The van der Waals surface area contributed by atoms with Crippen LogP contribution in [0.15, 0.2) is 48.7 Å². The van der Waals surface area contributed by atoms with Crippen LogP contribution in [0.5, 0.6) is 0 Å². The zero-order valence-electron chi connectivity index (χ0n) is 16.3. The smallest absolute Gasteiger partial charge is 0.138 e. The largest absolute Gasteiger partial charge is 0.338 e. The summed E-state index contributed by atoms with van der Waals surface area (Å²) in [5.74, 6) is 0.801. The van der Waals surface area contributed by atoms with Crippen molar-refractivity contribution in [3.8, 4) is 22.6 Å². The van der Waals surface area contributed by atoms with Gasteiger partial charge in [0.2, 0.25) is 0 Å². The molecule has 3 nitrogen and oxygen atoms in total. The Hall–Kier alpha value is -2.36. The molecule has 2 heterocycles. The lowest BCUT2D eigenvalue weighted by molar-refractivity contribution is 0.591. The molecule has 0 bridgehead atoms. The van der Waals surface area contributed by atoms with Crippen molar-refractivity contribution in [2.24, 2.45) is 0 Å². The molecule has 2 aromatic heterocycles. The van der Waals surface area contributed by atoms with Gasteiger partial charge in [0.1, 0.15) is 5.82 Å². The Kier molecular flexibility index (Phi) is 4.68. The van der Waals surface area contributed by atoms with Crippen molar-refractivity contribution >= 4 is 34.2 Å². The molecular formula is C23H21Cl2N3. The Morgan fingerprint density at radius 2 is 1.75 bits per heavy atom. The summed E-state index contributed by atoms with van der Waals surface area (Å²) in [6.07, 6.45) is 1.64. The molecule has 2 aromatic carbocycles. The number of benzene rings is 2. The Labute approximate surface area is 174 Å². The number of aryl methyl sites for hydroxylation is 1. The monoisotopic (exact) mass is 409 g/mol. The van der Waals surface area contributed by atoms with Gasteiger partial charge in [-0.3, -0.25) is 4.98 Å². The fourth-order valence-electron chi connectivity index (χ4n) is 3.29. The van der Waals surface area contributed by atoms with E-state index >= 15 is 0 Å². The highest BCUT2D eigenvalue weighted by Gasteiger charge is 2.16. The summed E-state index contributed by atoms with van der Waals surface area (Å²) in [4.78, 5) is 12.6. The van der Waals surface area contributed by atoms with E-state index < -0.39 is 0 Å². The molecule has 5 heteroatoms. The number of nitrogens with one attached hydrogen (secondary N) is 1. The molecule has 28 heavy (non-hydrogen) atoms. The van der Waals surface area contributed by atoms with E-state index in [1.54, 1.807) is 6.20 Å². The first kappa shape index (κ1) is 19.0. The molecule has 0 aliphatic rings. The summed E-state index contributed by atoms with van der Waals surface area (Å²) >= 11 is 12.6. The van der Waals surface area contributed by atoms with Gasteiger partial charge in [-0.15, -0.1) is 0 Å². The first-order valence-electron chi connectivity index (χ1n) is 9.15. The van der Waals surface area contributed by atoms with Gasteiger partial charge in [-0.05, 0) is 47.7 Å². The van der Waals surface area contributed by atoms with Crippen LogP contribution in [0, 0.1) is 6.92 Å². The van der Waals surface area contributed by atoms with Crippen molar-refractivity contribution in [3.05, 3.63) is 69.8 Å². The van der Waals surface area contributed by atoms with Gasteiger partial charge in [0, 0.05) is 17.3 Å². The summed E-state index contributed by atoms with van der Waals surface area (Å²) < 4.78 is 0. The lowest BCUT2D eigenvalue weighted by Gasteiger charge is -2.18. The molecule has 0 spiro atoms. The molecule has 0 unspecified atom stereocenters. The average Bonchev–Trinajstić information content (AvgIpc) is 3.05. The molecule has 0 fully saturated rings. The maximum Gasteiger partial charge on any atom is 0.138 e. The molecule has 1 N–H and O–H groups in total. The highest BCUT2D eigenvalue weighted by atomic mass is 35.5. The van der Waals surface area contributed by atoms with Crippen LogP contribution in [0.3, 0.4) is 0 Å². The van der Waals surface area contributed by atoms with E-state index in [-0.39, 0.29) is 5.41 Å². The predicted molar refractivity (Wildman–Crippen MR) is 118 cm³/mol. The van der Waals surface area contributed by atoms with Crippen molar-refractivity contribution in [2.75, 3.05) is 0 Å². The van der Waals surface area contributed by atoms with Gasteiger partial charge in [0.25, 0.3) is 0 Å². The van der Waals surface area contributed by atoms with E-state index in [1.807, 2.05) is 31.2 Å². The minimum Gasteiger partial charge on any atom is -0.338 e. The zero-order chi connectivity index (χ0) is 20.1. The maximum absolute atomic E-state index is 6.59. The third kappa shape index (κ3) is 3.52. The third-order valence-corrected chi connectivity index (χ3v) is 5.41.